The van der Waals surface area contributed by atoms with Crippen LogP contribution in [-0.4, -0.2) is 46.6 Å². The van der Waals surface area contributed by atoms with Crippen molar-refractivity contribution in [2.45, 2.75) is 25.4 Å². The van der Waals surface area contributed by atoms with Crippen molar-refractivity contribution in [1.82, 2.24) is 15.4 Å². The highest BCUT2D eigenvalue weighted by atomic mass is 19.4. The van der Waals surface area contributed by atoms with E-state index in [0.717, 1.165) is 24.2 Å². The van der Waals surface area contributed by atoms with E-state index in [9.17, 15) is 22.8 Å². The first kappa shape index (κ1) is 22.3. The number of hydrogen-bond donors (Lipinski definition) is 1. The monoisotopic (exact) mass is 460 g/mol. The van der Waals surface area contributed by atoms with E-state index in [1.807, 2.05) is 12.1 Å². The summed E-state index contributed by atoms with van der Waals surface area (Å²) < 4.78 is 46.1. The molecule has 0 saturated carbocycles. The number of halogens is 3. The molecule has 0 atom stereocenters. The largest absolute Gasteiger partial charge is 0.491 e. The predicted octanol–water partition coefficient (Wildman–Crippen LogP) is 4.50. The third-order valence-electron chi connectivity index (χ3n) is 5.13. The fraction of sp³-hybridized carbons (Fsp3) is 0.273. The average molecular weight is 460 g/mol. The predicted molar refractivity (Wildman–Crippen MR) is 111 cm³/mol. The quantitative estimate of drug-likeness (QED) is 0.442. The first-order chi connectivity index (χ1) is 15.8. The Kier molecular flexibility index (Phi) is 6.29. The van der Waals surface area contributed by atoms with E-state index >= 15 is 0 Å². The third kappa shape index (κ3) is 5.30. The van der Waals surface area contributed by atoms with Crippen LogP contribution < -0.4 is 9.64 Å². The number of piperidine rings is 1. The lowest BCUT2D eigenvalue weighted by Gasteiger charge is -2.28. The summed E-state index contributed by atoms with van der Waals surface area (Å²) in [6.07, 6.45) is -1.64. The van der Waals surface area contributed by atoms with Crippen LogP contribution in [0.2, 0.25) is 0 Å². The van der Waals surface area contributed by atoms with Crippen LogP contribution in [0.4, 0.5) is 18.9 Å². The van der Waals surface area contributed by atoms with E-state index in [-0.39, 0.29) is 5.75 Å². The molecule has 3 aromatic rings. The van der Waals surface area contributed by atoms with E-state index in [4.69, 9.17) is 4.74 Å². The molecule has 11 heteroatoms. The molecule has 0 aliphatic carbocycles. The number of H-pyrrole nitrogens is 1. The van der Waals surface area contributed by atoms with Crippen LogP contribution >= 0.6 is 0 Å². The minimum atomic E-state index is -5.31. The SMILES string of the molecule is O=C(OC(=O)C(F)(F)F)c1[nH]nnc1Oc1ccc(-c2ccc(N3CCCCC3)cc2)cc1. The fourth-order valence-corrected chi connectivity index (χ4v) is 3.46. The highest BCUT2D eigenvalue weighted by Crippen LogP contribution is 2.29. The highest BCUT2D eigenvalue weighted by molar-refractivity contribution is 5.98. The topological polar surface area (TPSA) is 97.4 Å². The zero-order valence-corrected chi connectivity index (χ0v) is 17.3. The summed E-state index contributed by atoms with van der Waals surface area (Å²) in [5.41, 5.74) is 2.49. The number of rotatable bonds is 5. The first-order valence-electron chi connectivity index (χ1n) is 10.2. The standard InChI is InChI=1S/C22H19F3N4O4/c23-22(24,25)21(31)33-20(30)18-19(27-28-26-18)32-17-10-6-15(7-11-17)14-4-8-16(9-5-14)29-12-2-1-3-13-29/h4-11H,1-3,12-13H2,(H,26,27,28). The van der Waals surface area contributed by atoms with Crippen molar-refractivity contribution >= 4 is 17.6 Å². The molecule has 1 aliphatic rings. The van der Waals surface area contributed by atoms with Crippen molar-refractivity contribution in [3.63, 3.8) is 0 Å². The van der Waals surface area contributed by atoms with Gasteiger partial charge in [-0.15, -0.1) is 0 Å². The van der Waals surface area contributed by atoms with Crippen LogP contribution in [-0.2, 0) is 9.53 Å². The maximum atomic E-state index is 12.3. The van der Waals surface area contributed by atoms with Crippen molar-refractivity contribution in [2.75, 3.05) is 18.0 Å². The molecule has 172 valence electrons. The number of nitrogens with one attached hydrogen (secondary N) is 1. The second-order valence-electron chi connectivity index (χ2n) is 7.39. The first-order valence-corrected chi connectivity index (χ1v) is 10.2. The molecule has 1 aromatic heterocycles. The number of carbonyl (C=O) groups is 2. The van der Waals surface area contributed by atoms with Crippen LogP contribution in [0.3, 0.4) is 0 Å². The lowest BCUT2D eigenvalue weighted by atomic mass is 10.0. The van der Waals surface area contributed by atoms with Gasteiger partial charge in [-0.2, -0.15) is 13.2 Å². The Morgan fingerprint density at radius 1 is 0.909 bits per heavy atom. The summed E-state index contributed by atoms with van der Waals surface area (Å²) in [4.78, 5) is 25.0. The Labute approximate surface area is 186 Å². The van der Waals surface area contributed by atoms with E-state index in [1.54, 1.807) is 24.3 Å². The van der Waals surface area contributed by atoms with Crippen LogP contribution in [0.25, 0.3) is 11.1 Å². The lowest BCUT2D eigenvalue weighted by molar-refractivity contribution is -0.193. The number of benzene rings is 2. The summed E-state index contributed by atoms with van der Waals surface area (Å²) in [6.45, 7) is 2.13. The van der Waals surface area contributed by atoms with Gasteiger partial charge in [-0.1, -0.05) is 34.6 Å². The summed E-state index contributed by atoms with van der Waals surface area (Å²) in [7, 11) is 0. The van der Waals surface area contributed by atoms with Crippen molar-refractivity contribution in [1.29, 1.82) is 0 Å². The summed E-state index contributed by atoms with van der Waals surface area (Å²) >= 11 is 0. The third-order valence-corrected chi connectivity index (χ3v) is 5.13. The second kappa shape index (κ2) is 9.31. The van der Waals surface area contributed by atoms with Gasteiger partial charge in [0.1, 0.15) is 5.75 Å². The Morgan fingerprint density at radius 3 is 2.12 bits per heavy atom. The van der Waals surface area contributed by atoms with E-state index in [2.05, 4.69) is 37.2 Å². The highest BCUT2D eigenvalue weighted by Gasteiger charge is 2.43. The molecule has 0 bridgehead atoms. The lowest BCUT2D eigenvalue weighted by Crippen LogP contribution is -2.29. The average Bonchev–Trinajstić information content (AvgIpc) is 3.28. The molecular weight excluding hydrogens is 441 g/mol. The number of hydrogen-bond acceptors (Lipinski definition) is 7. The zero-order valence-electron chi connectivity index (χ0n) is 17.3. The number of alkyl halides is 3. The maximum absolute atomic E-state index is 12.3. The van der Waals surface area contributed by atoms with Crippen LogP contribution in [0, 0.1) is 0 Å². The summed E-state index contributed by atoms with van der Waals surface area (Å²) in [5, 5.41) is 8.90. The van der Waals surface area contributed by atoms with Crippen LogP contribution in [0.1, 0.15) is 29.8 Å². The maximum Gasteiger partial charge on any atom is 0.491 e. The Balaban J connectivity index is 1.42. The molecule has 0 unspecified atom stereocenters. The number of anilines is 1. The number of aromatic amines is 1. The number of aromatic nitrogens is 3. The van der Waals surface area contributed by atoms with Gasteiger partial charge in [-0.3, -0.25) is 0 Å². The molecule has 0 radical (unpaired) electrons. The smallest absolute Gasteiger partial charge is 0.436 e. The molecule has 2 aromatic carbocycles. The number of nitrogens with zero attached hydrogens (tertiary/aromatic N) is 3. The molecule has 1 fully saturated rings. The molecule has 0 spiro atoms. The minimum absolute atomic E-state index is 0.258. The fourth-order valence-electron chi connectivity index (χ4n) is 3.46. The van der Waals surface area contributed by atoms with Gasteiger partial charge in [0.15, 0.2) is 0 Å². The Morgan fingerprint density at radius 2 is 1.52 bits per heavy atom. The molecule has 0 amide bonds. The molecule has 1 saturated heterocycles. The molecule has 8 nitrogen and oxygen atoms in total. The van der Waals surface area contributed by atoms with E-state index in [0.29, 0.717) is 0 Å². The van der Waals surface area contributed by atoms with Crippen molar-refractivity contribution in [3.8, 4) is 22.8 Å². The molecular formula is C22H19F3N4O4. The number of esters is 2. The van der Waals surface area contributed by atoms with Gasteiger partial charge < -0.3 is 14.4 Å². The second-order valence-corrected chi connectivity index (χ2v) is 7.39. The summed E-state index contributed by atoms with van der Waals surface area (Å²) in [6, 6.07) is 15.0. The van der Waals surface area contributed by atoms with Crippen LogP contribution in [0.5, 0.6) is 11.6 Å². The molecule has 33 heavy (non-hydrogen) atoms. The Bertz CT molecular complexity index is 1120. The Hall–Kier alpha value is -3.89. The van der Waals surface area contributed by atoms with E-state index in [1.165, 1.54) is 24.9 Å². The molecule has 4 rings (SSSR count). The van der Waals surface area contributed by atoms with Gasteiger partial charge in [0.05, 0.1) is 0 Å². The normalized spacial score (nSPS) is 14.1. The van der Waals surface area contributed by atoms with Gasteiger partial charge >= 0.3 is 18.1 Å². The van der Waals surface area contributed by atoms with Crippen LogP contribution in [0.15, 0.2) is 48.5 Å². The van der Waals surface area contributed by atoms with Crippen molar-refractivity contribution < 1.29 is 32.2 Å². The number of ether oxygens (including phenoxy) is 2. The minimum Gasteiger partial charge on any atom is -0.436 e. The summed E-state index contributed by atoms with van der Waals surface area (Å²) in [5.74, 6) is -4.42. The van der Waals surface area contributed by atoms with Gasteiger partial charge in [0, 0.05) is 18.8 Å². The van der Waals surface area contributed by atoms with Crippen molar-refractivity contribution in [2.24, 2.45) is 0 Å². The number of carbonyl (C=O) groups excluding carboxylic acids is 2. The van der Waals surface area contributed by atoms with Gasteiger partial charge in [0.2, 0.25) is 5.69 Å². The van der Waals surface area contributed by atoms with Gasteiger partial charge in [-0.05, 0) is 54.7 Å². The van der Waals surface area contributed by atoms with E-state index < -0.39 is 29.7 Å². The molecule has 2 heterocycles. The molecule has 1 N–H and O–H groups in total. The zero-order chi connectivity index (χ0) is 23.4. The van der Waals surface area contributed by atoms with Crippen molar-refractivity contribution in [3.05, 3.63) is 54.2 Å². The van der Waals surface area contributed by atoms with Gasteiger partial charge in [-0.25, -0.2) is 14.7 Å². The van der Waals surface area contributed by atoms with Gasteiger partial charge in [0.25, 0.3) is 5.88 Å². The molecule has 1 aliphatic heterocycles.